The first-order chi connectivity index (χ1) is 10.4. The van der Waals surface area contributed by atoms with Crippen molar-refractivity contribution in [3.8, 4) is 0 Å². The third-order valence-corrected chi connectivity index (χ3v) is 4.76. The quantitative estimate of drug-likeness (QED) is 0.825. The number of hydrogen-bond acceptors (Lipinski definition) is 2. The lowest BCUT2D eigenvalue weighted by molar-refractivity contribution is 0.185. The molecule has 1 aromatic heterocycles. The predicted molar refractivity (Wildman–Crippen MR) is 89.6 cm³/mol. The lowest BCUT2D eigenvalue weighted by Gasteiger charge is -2.33. The first-order valence-corrected chi connectivity index (χ1v) is 8.36. The van der Waals surface area contributed by atoms with Crippen molar-refractivity contribution in [2.45, 2.75) is 38.1 Å². The minimum Gasteiger partial charge on any atom is -0.344 e. The maximum absolute atomic E-state index is 5.55. The molecule has 1 aliphatic heterocycles. The molecule has 1 saturated heterocycles. The summed E-state index contributed by atoms with van der Waals surface area (Å²) < 4.78 is 2.49. The molecule has 114 valence electrons. The van der Waals surface area contributed by atoms with Crippen molar-refractivity contribution in [3.63, 3.8) is 0 Å². The van der Waals surface area contributed by atoms with E-state index in [1.165, 1.54) is 62.6 Å². The minimum absolute atomic E-state index is 0.671. The van der Waals surface area contributed by atoms with Crippen LogP contribution >= 0.6 is 0 Å². The molecule has 0 amide bonds. The second-order valence-corrected chi connectivity index (χ2v) is 6.20. The Kier molecular flexibility index (Phi) is 4.94. The monoisotopic (exact) mass is 285 g/mol. The zero-order chi connectivity index (χ0) is 14.5. The van der Waals surface area contributed by atoms with Crippen LogP contribution in [0, 0.1) is 0 Å². The average Bonchev–Trinajstić information content (AvgIpc) is 2.96. The van der Waals surface area contributed by atoms with Crippen molar-refractivity contribution in [3.05, 3.63) is 36.5 Å². The van der Waals surface area contributed by atoms with Crippen LogP contribution in [0.5, 0.6) is 0 Å². The fraction of sp³-hybridized carbons (Fsp3) is 0.556. The van der Waals surface area contributed by atoms with Gasteiger partial charge in [-0.3, -0.25) is 0 Å². The van der Waals surface area contributed by atoms with Crippen LogP contribution in [0.4, 0.5) is 0 Å². The van der Waals surface area contributed by atoms with Crippen molar-refractivity contribution in [2.75, 3.05) is 26.2 Å². The molecule has 0 unspecified atom stereocenters. The Hall–Kier alpha value is -1.32. The van der Waals surface area contributed by atoms with E-state index in [2.05, 4.69) is 46.0 Å². The van der Waals surface area contributed by atoms with Crippen molar-refractivity contribution in [1.82, 2.24) is 9.47 Å². The molecule has 0 bridgehead atoms. The summed E-state index contributed by atoms with van der Waals surface area (Å²) in [5.74, 6) is 0. The van der Waals surface area contributed by atoms with Gasteiger partial charge in [-0.1, -0.05) is 24.6 Å². The average molecular weight is 285 g/mol. The molecule has 0 saturated carbocycles. The Labute approximate surface area is 127 Å². The normalized spacial score (nSPS) is 17.6. The van der Waals surface area contributed by atoms with E-state index in [0.717, 1.165) is 6.54 Å². The summed E-state index contributed by atoms with van der Waals surface area (Å²) in [6, 6.07) is 11.6. The topological polar surface area (TPSA) is 34.2 Å². The molecule has 2 N–H and O–H groups in total. The molecule has 1 fully saturated rings. The van der Waals surface area contributed by atoms with Crippen LogP contribution in [0.3, 0.4) is 0 Å². The third-order valence-electron chi connectivity index (χ3n) is 4.76. The summed E-state index contributed by atoms with van der Waals surface area (Å²) in [4.78, 5) is 2.62. The van der Waals surface area contributed by atoms with Crippen LogP contribution in [0.2, 0.25) is 0 Å². The molecular weight excluding hydrogens is 258 g/mol. The second-order valence-electron chi connectivity index (χ2n) is 6.20. The maximum atomic E-state index is 5.55. The van der Waals surface area contributed by atoms with Gasteiger partial charge in [0.15, 0.2) is 0 Å². The molecule has 0 spiro atoms. The molecule has 3 rings (SSSR count). The van der Waals surface area contributed by atoms with Gasteiger partial charge >= 0.3 is 0 Å². The van der Waals surface area contributed by atoms with Crippen LogP contribution in [0.25, 0.3) is 10.9 Å². The van der Waals surface area contributed by atoms with Crippen LogP contribution in [0.1, 0.15) is 38.1 Å². The SMILES string of the molecule is NCCCCCN1CCC(n2ccc3ccccc32)CC1. The zero-order valence-electron chi connectivity index (χ0n) is 12.9. The van der Waals surface area contributed by atoms with E-state index < -0.39 is 0 Å². The van der Waals surface area contributed by atoms with E-state index in [1.54, 1.807) is 0 Å². The fourth-order valence-electron chi connectivity index (χ4n) is 3.50. The number of fused-ring (bicyclic) bond motifs is 1. The predicted octanol–water partition coefficient (Wildman–Crippen LogP) is 3.41. The number of unbranched alkanes of at least 4 members (excludes halogenated alkanes) is 2. The van der Waals surface area contributed by atoms with Gasteiger partial charge in [0, 0.05) is 30.8 Å². The van der Waals surface area contributed by atoms with E-state index >= 15 is 0 Å². The largest absolute Gasteiger partial charge is 0.344 e. The smallest absolute Gasteiger partial charge is 0.0482 e. The van der Waals surface area contributed by atoms with Gasteiger partial charge in [-0.05, 0) is 56.3 Å². The van der Waals surface area contributed by atoms with Crippen molar-refractivity contribution >= 4 is 10.9 Å². The van der Waals surface area contributed by atoms with E-state index in [0.29, 0.717) is 6.04 Å². The summed E-state index contributed by atoms with van der Waals surface area (Å²) in [5, 5.41) is 1.36. The van der Waals surface area contributed by atoms with Gasteiger partial charge < -0.3 is 15.2 Å². The van der Waals surface area contributed by atoms with Gasteiger partial charge in [0.2, 0.25) is 0 Å². The number of nitrogens with two attached hydrogens (primary N) is 1. The Morgan fingerprint density at radius 2 is 1.81 bits per heavy atom. The molecule has 21 heavy (non-hydrogen) atoms. The van der Waals surface area contributed by atoms with Gasteiger partial charge in [-0.15, -0.1) is 0 Å². The summed E-state index contributed by atoms with van der Waals surface area (Å²) >= 11 is 0. The van der Waals surface area contributed by atoms with Crippen LogP contribution in [-0.2, 0) is 0 Å². The number of rotatable bonds is 6. The molecule has 0 radical (unpaired) electrons. The number of aromatic nitrogens is 1. The van der Waals surface area contributed by atoms with Crippen molar-refractivity contribution in [1.29, 1.82) is 0 Å². The van der Waals surface area contributed by atoms with Gasteiger partial charge in [-0.2, -0.15) is 0 Å². The summed E-state index contributed by atoms with van der Waals surface area (Å²) in [7, 11) is 0. The Morgan fingerprint density at radius 1 is 1.00 bits per heavy atom. The first kappa shape index (κ1) is 14.6. The zero-order valence-corrected chi connectivity index (χ0v) is 12.9. The van der Waals surface area contributed by atoms with E-state index in [4.69, 9.17) is 5.73 Å². The Bertz CT molecular complexity index is 552. The van der Waals surface area contributed by atoms with Gasteiger partial charge in [0.1, 0.15) is 0 Å². The van der Waals surface area contributed by atoms with Gasteiger partial charge in [0.25, 0.3) is 0 Å². The number of hydrogen-bond donors (Lipinski definition) is 1. The van der Waals surface area contributed by atoms with Gasteiger partial charge in [0.05, 0.1) is 0 Å². The second kappa shape index (κ2) is 7.10. The van der Waals surface area contributed by atoms with Crippen molar-refractivity contribution < 1.29 is 0 Å². The number of benzene rings is 1. The van der Waals surface area contributed by atoms with E-state index in [9.17, 15) is 0 Å². The number of nitrogens with zero attached hydrogens (tertiary/aromatic N) is 2. The first-order valence-electron chi connectivity index (χ1n) is 8.36. The summed E-state index contributed by atoms with van der Waals surface area (Å²) in [5.41, 5.74) is 6.94. The Morgan fingerprint density at radius 3 is 2.62 bits per heavy atom. The summed E-state index contributed by atoms with van der Waals surface area (Å²) in [6.45, 7) is 4.56. The molecule has 0 atom stereocenters. The lowest BCUT2D eigenvalue weighted by Crippen LogP contribution is -2.35. The van der Waals surface area contributed by atoms with E-state index in [-0.39, 0.29) is 0 Å². The minimum atomic E-state index is 0.671. The highest BCUT2D eigenvalue weighted by atomic mass is 15.1. The molecule has 1 aromatic carbocycles. The molecule has 3 heteroatoms. The van der Waals surface area contributed by atoms with Crippen molar-refractivity contribution in [2.24, 2.45) is 5.73 Å². The summed E-state index contributed by atoms with van der Waals surface area (Å²) in [6.07, 6.45) is 8.57. The fourth-order valence-corrected chi connectivity index (χ4v) is 3.50. The number of likely N-dealkylation sites (tertiary alicyclic amines) is 1. The molecule has 1 aliphatic rings. The van der Waals surface area contributed by atoms with E-state index in [1.807, 2.05) is 0 Å². The highest BCUT2D eigenvalue weighted by Gasteiger charge is 2.20. The highest BCUT2D eigenvalue weighted by Crippen LogP contribution is 2.27. The molecular formula is C18H27N3. The molecule has 3 nitrogen and oxygen atoms in total. The van der Waals surface area contributed by atoms with Crippen LogP contribution in [-0.4, -0.2) is 35.6 Å². The number of para-hydroxylation sites is 1. The molecule has 2 aromatic rings. The maximum Gasteiger partial charge on any atom is 0.0482 e. The molecule has 0 aliphatic carbocycles. The van der Waals surface area contributed by atoms with Crippen LogP contribution in [0.15, 0.2) is 36.5 Å². The standard InChI is InChI=1S/C18H27N3/c19-11-4-1-5-12-20-13-9-17(10-14-20)21-15-8-16-6-2-3-7-18(16)21/h2-3,6-8,15,17H,1,4-5,9-14,19H2. The Balaban J connectivity index is 1.54. The lowest BCUT2D eigenvalue weighted by atomic mass is 10.0. The van der Waals surface area contributed by atoms with Gasteiger partial charge in [-0.25, -0.2) is 0 Å². The highest BCUT2D eigenvalue weighted by molar-refractivity contribution is 5.80. The number of piperidine rings is 1. The third kappa shape index (κ3) is 3.47. The van der Waals surface area contributed by atoms with Crippen LogP contribution < -0.4 is 5.73 Å². The molecule has 2 heterocycles.